The standard InChI is InChI=1S/C41H40N12O12P2S/c42-12-4-16-60-66(58)61-19-27-17-30(51-23-46-35-38(51)48-41-49(14-15-50(41)40(35)55)13-11-25-7-9-28(10-8-25)53(56)57)29(27)20-62-67(59,68)63-21-32-31(65-66)18-33(64-32)52-24-45-34-36(43-22-44-37(34)52)47-39(54)26-5-2-1-3-6-26/h1-3,5-10,14-15,22-24,27,29-33H,4,11,13,16-21H2,(H,59,68)(H,43,44,47,54)/t27-,29-,30-,31+,32-,33-,66?,67?/m1/s1. The average molecular weight is 987 g/mol. The Hall–Kier alpha value is -6.19. The highest BCUT2D eigenvalue weighted by Gasteiger charge is 2.49. The topological polar surface area (TPSA) is 286 Å². The van der Waals surface area contributed by atoms with Crippen molar-refractivity contribution in [3.63, 3.8) is 0 Å². The highest BCUT2D eigenvalue weighted by molar-refractivity contribution is 8.44. The molecule has 10 rings (SSSR count). The number of aryl methyl sites for hydroxylation is 2. The largest absolute Gasteiger partial charge is 0.475 e. The number of aromatic nitrogens is 9. The normalized spacial score (nSPS) is 26.5. The van der Waals surface area contributed by atoms with Gasteiger partial charge >= 0.3 is 14.6 Å². The monoisotopic (exact) mass is 986 g/mol. The minimum atomic E-state index is -4.46. The van der Waals surface area contributed by atoms with Crippen LogP contribution in [0.15, 0.2) is 90.8 Å². The first-order valence-electron chi connectivity index (χ1n) is 21.3. The van der Waals surface area contributed by atoms with Gasteiger partial charge in [0, 0.05) is 55.0 Å². The molecule has 2 unspecified atom stereocenters. The third-order valence-electron chi connectivity index (χ3n) is 12.2. The van der Waals surface area contributed by atoms with E-state index in [0.29, 0.717) is 42.0 Å². The number of amides is 1. The zero-order chi connectivity index (χ0) is 47.2. The predicted molar refractivity (Wildman–Crippen MR) is 242 cm³/mol. The number of carbonyl (C=O) groups excluding carboxylic acids is 1. The molecule has 2 saturated heterocycles. The van der Waals surface area contributed by atoms with Crippen LogP contribution >= 0.6 is 26.9 Å². The van der Waals surface area contributed by atoms with Crippen molar-refractivity contribution < 1.29 is 46.2 Å². The van der Waals surface area contributed by atoms with Crippen LogP contribution < -0.4 is 10.9 Å². The number of ether oxygens (including phenoxy) is 1. The Kier molecular flexibility index (Phi) is 12.5. The van der Waals surface area contributed by atoms with Crippen molar-refractivity contribution in [2.24, 2.45) is 11.8 Å². The number of rotatable bonds is 11. The third-order valence-corrected chi connectivity index (χ3v) is 15.3. The summed E-state index contributed by atoms with van der Waals surface area (Å²) in [4.78, 5) is 59.7. The number of fused-ring (bicyclic) bond motifs is 5. The Morgan fingerprint density at radius 1 is 0.941 bits per heavy atom. The van der Waals surface area contributed by atoms with Crippen LogP contribution in [0.25, 0.3) is 28.1 Å². The van der Waals surface area contributed by atoms with Crippen molar-refractivity contribution in [3.8, 4) is 6.07 Å². The molecule has 24 nitrogen and oxygen atoms in total. The van der Waals surface area contributed by atoms with E-state index >= 15 is 0 Å². The molecule has 27 heteroatoms. The fraction of sp³-hybridized carbons (Fsp3) is 0.366. The van der Waals surface area contributed by atoms with E-state index in [9.17, 15) is 34.1 Å². The van der Waals surface area contributed by atoms with Crippen molar-refractivity contribution in [1.29, 1.82) is 5.26 Å². The molecule has 0 bridgehead atoms. The van der Waals surface area contributed by atoms with Crippen LogP contribution in [0.5, 0.6) is 0 Å². The maximum Gasteiger partial charge on any atom is 0.475 e. The predicted octanol–water partition coefficient (Wildman–Crippen LogP) is 6.08. The van der Waals surface area contributed by atoms with Crippen LogP contribution in [0.1, 0.15) is 47.5 Å². The molecule has 2 aliphatic heterocycles. The van der Waals surface area contributed by atoms with Gasteiger partial charge in [-0.15, -0.1) is 0 Å². The van der Waals surface area contributed by atoms with Gasteiger partial charge in [0.1, 0.15) is 24.8 Å². The molecular formula is C41H40N12O12P2S. The van der Waals surface area contributed by atoms with Gasteiger partial charge in [-0.2, -0.15) is 10.2 Å². The summed E-state index contributed by atoms with van der Waals surface area (Å²) in [5.74, 6) is -0.783. The van der Waals surface area contributed by atoms with E-state index in [1.54, 1.807) is 68.6 Å². The molecule has 7 aromatic rings. The molecule has 0 spiro atoms. The lowest BCUT2D eigenvalue weighted by molar-refractivity contribution is -0.384. The molecule has 2 aromatic carbocycles. The number of hydrogen-bond donors (Lipinski definition) is 2. The van der Waals surface area contributed by atoms with Crippen LogP contribution in [0.2, 0.25) is 0 Å². The number of nitro groups is 1. The zero-order valence-electron chi connectivity index (χ0n) is 35.6. The molecule has 5 aromatic heterocycles. The molecule has 68 heavy (non-hydrogen) atoms. The zero-order valence-corrected chi connectivity index (χ0v) is 38.3. The van der Waals surface area contributed by atoms with Crippen LogP contribution in [0, 0.1) is 33.3 Å². The minimum absolute atomic E-state index is 0.0141. The maximum atomic E-state index is 14.5. The molecule has 8 atom stereocenters. The maximum absolute atomic E-state index is 14.5. The lowest BCUT2D eigenvalue weighted by atomic mass is 9.70. The van der Waals surface area contributed by atoms with Gasteiger partial charge < -0.3 is 23.7 Å². The minimum Gasteiger partial charge on any atom is -0.349 e. The molecule has 3 aliphatic rings. The first kappa shape index (κ1) is 45.6. The molecule has 1 amide bonds. The summed E-state index contributed by atoms with van der Waals surface area (Å²) in [6.45, 7) is -4.72. The molecule has 3 fully saturated rings. The van der Waals surface area contributed by atoms with Crippen LogP contribution in [0.3, 0.4) is 0 Å². The molecule has 352 valence electrons. The molecule has 1 saturated carbocycles. The van der Waals surface area contributed by atoms with Crippen molar-refractivity contribution in [2.75, 3.05) is 31.7 Å². The molecular weight excluding hydrogens is 947 g/mol. The Morgan fingerprint density at radius 2 is 1.72 bits per heavy atom. The highest BCUT2D eigenvalue weighted by atomic mass is 32.7. The fourth-order valence-electron chi connectivity index (χ4n) is 8.60. The number of nitriles is 1. The van der Waals surface area contributed by atoms with E-state index < -0.39 is 73.9 Å². The van der Waals surface area contributed by atoms with Gasteiger partial charge in [-0.1, -0.05) is 42.6 Å². The second-order valence-electron chi connectivity index (χ2n) is 16.2. The average Bonchev–Trinajstić information content (AvgIpc) is 4.14. The highest BCUT2D eigenvalue weighted by Crippen LogP contribution is 2.59. The smallest absolute Gasteiger partial charge is 0.349 e. The number of phosphoric acid groups is 1. The quantitative estimate of drug-likeness (QED) is 0.0488. The second-order valence-corrected chi connectivity index (χ2v) is 20.8. The van der Waals surface area contributed by atoms with Crippen LogP contribution in [0.4, 0.5) is 11.5 Å². The van der Waals surface area contributed by atoms with E-state index in [2.05, 4.69) is 37.5 Å². The number of imidazole rings is 3. The van der Waals surface area contributed by atoms with E-state index in [-0.39, 0.29) is 55.2 Å². The Morgan fingerprint density at radius 3 is 2.51 bits per heavy atom. The number of hydrogen-bond acceptors (Lipinski definition) is 18. The Balaban J connectivity index is 0.884. The number of benzene rings is 2. The van der Waals surface area contributed by atoms with Gasteiger partial charge in [0.05, 0.1) is 56.5 Å². The van der Waals surface area contributed by atoms with E-state index in [0.717, 1.165) is 5.56 Å². The molecule has 1 N–H and O–H groups in total. The number of nitrogens with one attached hydrogen (secondary N) is 1. The number of non-ortho nitro benzene ring substituents is 1. The first-order chi connectivity index (χ1) is 32.9. The van der Waals surface area contributed by atoms with Gasteiger partial charge in [0.15, 0.2) is 28.1 Å². The van der Waals surface area contributed by atoms with Crippen molar-refractivity contribution in [3.05, 3.63) is 118 Å². The molecule has 0 radical (unpaired) electrons. The van der Waals surface area contributed by atoms with Crippen molar-refractivity contribution in [2.45, 2.75) is 56.7 Å². The summed E-state index contributed by atoms with van der Waals surface area (Å²) in [6, 6.07) is 16.4. The number of phosphoric ester groups is 1. The number of anilines is 1. The summed E-state index contributed by atoms with van der Waals surface area (Å²) >= 11 is 4.30. The summed E-state index contributed by atoms with van der Waals surface area (Å²) in [5.41, 5.74) is 1.83. The summed E-state index contributed by atoms with van der Waals surface area (Å²) < 4.78 is 70.9. The van der Waals surface area contributed by atoms with Gasteiger partial charge in [0.25, 0.3) is 17.2 Å². The van der Waals surface area contributed by atoms with Crippen LogP contribution in [-0.2, 0) is 49.5 Å². The SMILES string of the molecule is N#CCCOP1(=O)OC[C@H]2C[C@@H](n3cnc4c(=O)n5ccn(CCc6ccc([N+](=O)[O-])cc6)c5nc43)[C@@H]2COP(=O)(S)OC[C@H]2O[C@@H](n3cnc4c(NC(=O)c5ccccc5)ncnc43)C[C@@H]2O1. The number of carbonyl (C=O) groups is 1. The fourth-order valence-corrected chi connectivity index (χ4v) is 11.2. The van der Waals surface area contributed by atoms with E-state index in [1.165, 1.54) is 35.5 Å². The second kappa shape index (κ2) is 18.7. The van der Waals surface area contributed by atoms with Gasteiger partial charge in [-0.25, -0.2) is 33.5 Å². The first-order valence-corrected chi connectivity index (χ1v) is 25.5. The Labute approximate surface area is 389 Å². The number of nitro benzene ring substituents is 1. The van der Waals surface area contributed by atoms with Crippen molar-refractivity contribution >= 4 is 72.4 Å². The number of thiol groups is 1. The summed E-state index contributed by atoms with van der Waals surface area (Å²) in [7, 11) is -4.46. The summed E-state index contributed by atoms with van der Waals surface area (Å²) in [5, 5.41) is 23.2. The molecule has 1 aliphatic carbocycles. The van der Waals surface area contributed by atoms with Gasteiger partial charge in [0.2, 0.25) is 5.78 Å². The summed E-state index contributed by atoms with van der Waals surface area (Å²) in [6.07, 6.45) is 5.36. The van der Waals surface area contributed by atoms with E-state index in [1.807, 2.05) is 6.07 Å². The van der Waals surface area contributed by atoms with Crippen molar-refractivity contribution in [1.82, 2.24) is 43.0 Å². The lowest BCUT2D eigenvalue weighted by Gasteiger charge is -2.45. The number of nitrogens with zero attached hydrogens (tertiary/aromatic N) is 11. The Bertz CT molecular complexity index is 3250. The van der Waals surface area contributed by atoms with Gasteiger partial charge in [-0.3, -0.25) is 42.4 Å². The van der Waals surface area contributed by atoms with Crippen LogP contribution in [-0.4, -0.2) is 92.5 Å². The molecule has 7 heterocycles. The third kappa shape index (κ3) is 9.10. The lowest BCUT2D eigenvalue weighted by Crippen LogP contribution is -2.43. The van der Waals surface area contributed by atoms with E-state index in [4.69, 9.17) is 32.3 Å². The van der Waals surface area contributed by atoms with Gasteiger partial charge in [-0.05, 0) is 36.5 Å².